The zero-order chi connectivity index (χ0) is 40.1. The SMILES string of the molecule is c1ccc(C2(c3ccccc3)c3cc(-c4c5ccccc5c(-c5ccc6ccccc6c5)c5ccccc45)c4ccccc4c3-c3c2c2ccccc2c2ccccc32)cc1. The minimum atomic E-state index is -0.619. The third-order valence-electron chi connectivity index (χ3n) is 13.7. The second-order valence-electron chi connectivity index (χ2n) is 16.6. The molecule has 0 saturated heterocycles. The maximum atomic E-state index is 2.60. The van der Waals surface area contributed by atoms with Gasteiger partial charge in [-0.25, -0.2) is 0 Å². The Kier molecular flexibility index (Phi) is 7.32. The van der Waals surface area contributed by atoms with Crippen molar-refractivity contribution in [1.82, 2.24) is 0 Å². The van der Waals surface area contributed by atoms with Gasteiger partial charge < -0.3 is 0 Å². The topological polar surface area (TPSA) is 0 Å². The maximum absolute atomic E-state index is 2.60. The molecule has 0 atom stereocenters. The summed E-state index contributed by atoms with van der Waals surface area (Å²) in [6.45, 7) is 0. The Morgan fingerprint density at radius 2 is 0.656 bits per heavy atom. The first kappa shape index (κ1) is 34.1. The van der Waals surface area contributed by atoms with E-state index in [4.69, 9.17) is 0 Å². The van der Waals surface area contributed by atoms with Gasteiger partial charge >= 0.3 is 0 Å². The summed E-state index contributed by atoms with van der Waals surface area (Å²) in [5.74, 6) is 0. The second-order valence-corrected chi connectivity index (χ2v) is 16.6. The highest BCUT2D eigenvalue weighted by atomic mass is 14.5. The van der Waals surface area contributed by atoms with E-state index in [1.54, 1.807) is 0 Å². The van der Waals surface area contributed by atoms with Crippen molar-refractivity contribution in [3.05, 3.63) is 253 Å². The van der Waals surface area contributed by atoms with Crippen LogP contribution in [0.3, 0.4) is 0 Å². The van der Waals surface area contributed by atoms with Crippen LogP contribution in [0, 0.1) is 0 Å². The molecule has 0 heteroatoms. The maximum Gasteiger partial charge on any atom is 0.0720 e. The van der Waals surface area contributed by atoms with E-state index in [-0.39, 0.29) is 0 Å². The van der Waals surface area contributed by atoms with Crippen molar-refractivity contribution in [3.8, 4) is 33.4 Å². The molecule has 0 aromatic heterocycles. The van der Waals surface area contributed by atoms with E-state index in [1.807, 2.05) is 0 Å². The third kappa shape index (κ3) is 4.71. The number of fused-ring (bicyclic) bond motifs is 13. The predicted octanol–water partition coefficient (Wildman–Crippen LogP) is 16.3. The van der Waals surface area contributed by atoms with Gasteiger partial charge in [0.05, 0.1) is 5.41 Å². The molecule has 0 N–H and O–H groups in total. The van der Waals surface area contributed by atoms with E-state index >= 15 is 0 Å². The quantitative estimate of drug-likeness (QED) is 0.123. The van der Waals surface area contributed by atoms with Crippen molar-refractivity contribution in [1.29, 1.82) is 0 Å². The summed E-state index contributed by atoms with van der Waals surface area (Å²) >= 11 is 0. The molecule has 0 heterocycles. The van der Waals surface area contributed by atoms with Crippen LogP contribution < -0.4 is 0 Å². The number of benzene rings is 12. The summed E-state index contributed by atoms with van der Waals surface area (Å²) in [7, 11) is 0. The van der Waals surface area contributed by atoms with Crippen molar-refractivity contribution in [2.75, 3.05) is 0 Å². The fraction of sp³-hybridized carbons (Fsp3) is 0.0164. The molecule has 1 aliphatic carbocycles. The number of hydrogen-bond donors (Lipinski definition) is 0. The third-order valence-corrected chi connectivity index (χ3v) is 13.7. The summed E-state index contributed by atoms with van der Waals surface area (Å²) < 4.78 is 0. The van der Waals surface area contributed by atoms with Crippen LogP contribution in [0.15, 0.2) is 231 Å². The summed E-state index contributed by atoms with van der Waals surface area (Å²) in [6, 6.07) is 86.4. The number of rotatable bonds is 4. The summed E-state index contributed by atoms with van der Waals surface area (Å²) in [5.41, 5.74) is 12.3. The van der Waals surface area contributed by atoms with Crippen molar-refractivity contribution in [2.45, 2.75) is 5.41 Å². The standard InChI is InChI=1S/C61H38/c1-3-21-42(22-4-1)61(43-23-5-2-6-24-43)55-38-54(46-27-10-12-28-47(46)58(55)59-48-29-13-9-25-44(48)45-26-11-18-34-53(45)60(59)61)57-51-32-16-14-30-49(51)56(50-31-15-17-33-52(50)57)41-36-35-39-19-7-8-20-40(39)37-41/h1-38H. The van der Waals surface area contributed by atoms with E-state index in [1.165, 1.54) is 120 Å². The Hall–Kier alpha value is -7.80. The Morgan fingerprint density at radius 1 is 0.246 bits per heavy atom. The molecule has 0 aliphatic heterocycles. The summed E-state index contributed by atoms with van der Waals surface area (Å²) in [4.78, 5) is 0. The molecular weight excluding hydrogens is 733 g/mol. The molecule has 0 saturated carbocycles. The van der Waals surface area contributed by atoms with Crippen LogP contribution in [-0.2, 0) is 5.41 Å². The predicted molar refractivity (Wildman–Crippen MR) is 260 cm³/mol. The van der Waals surface area contributed by atoms with Gasteiger partial charge in [0.25, 0.3) is 0 Å². The van der Waals surface area contributed by atoms with E-state index in [0.29, 0.717) is 0 Å². The Morgan fingerprint density at radius 3 is 1.23 bits per heavy atom. The molecule has 1 aliphatic rings. The Bertz CT molecular complexity index is 3650. The van der Waals surface area contributed by atoms with Gasteiger partial charge in [-0.15, -0.1) is 0 Å². The largest absolute Gasteiger partial charge is 0.0720 e. The molecule has 0 radical (unpaired) electrons. The molecule has 0 unspecified atom stereocenters. The molecule has 0 spiro atoms. The molecule has 0 nitrogen and oxygen atoms in total. The number of hydrogen-bond acceptors (Lipinski definition) is 0. The highest BCUT2D eigenvalue weighted by molar-refractivity contribution is 6.27. The van der Waals surface area contributed by atoms with Crippen LogP contribution in [0.25, 0.3) is 98.0 Å². The zero-order valence-corrected chi connectivity index (χ0v) is 33.4. The van der Waals surface area contributed by atoms with Crippen LogP contribution in [-0.4, -0.2) is 0 Å². The van der Waals surface area contributed by atoms with Crippen LogP contribution in [0.2, 0.25) is 0 Å². The van der Waals surface area contributed by atoms with Gasteiger partial charge in [0, 0.05) is 0 Å². The van der Waals surface area contributed by atoms with E-state index < -0.39 is 5.41 Å². The smallest absolute Gasteiger partial charge is 0.0622 e. The van der Waals surface area contributed by atoms with Crippen molar-refractivity contribution < 1.29 is 0 Å². The van der Waals surface area contributed by atoms with Crippen molar-refractivity contribution in [2.24, 2.45) is 0 Å². The van der Waals surface area contributed by atoms with Gasteiger partial charge in [0.2, 0.25) is 0 Å². The molecule has 0 fully saturated rings. The summed E-state index contributed by atoms with van der Waals surface area (Å²) in [5, 5.41) is 15.2. The molecule has 61 heavy (non-hydrogen) atoms. The molecule has 12 aromatic rings. The van der Waals surface area contributed by atoms with Crippen LogP contribution >= 0.6 is 0 Å². The molecular formula is C61H38. The normalized spacial score (nSPS) is 13.0. The molecule has 12 aromatic carbocycles. The lowest BCUT2D eigenvalue weighted by Crippen LogP contribution is -2.29. The van der Waals surface area contributed by atoms with E-state index in [2.05, 4.69) is 231 Å². The second kappa shape index (κ2) is 13.1. The van der Waals surface area contributed by atoms with Gasteiger partial charge in [-0.1, -0.05) is 218 Å². The molecule has 282 valence electrons. The fourth-order valence-electron chi connectivity index (χ4n) is 11.3. The van der Waals surface area contributed by atoms with Crippen LogP contribution in [0.5, 0.6) is 0 Å². The first-order valence-electron chi connectivity index (χ1n) is 21.4. The first-order valence-corrected chi connectivity index (χ1v) is 21.4. The minimum absolute atomic E-state index is 0.619. The lowest BCUT2D eigenvalue weighted by Gasteiger charge is -2.35. The van der Waals surface area contributed by atoms with Crippen LogP contribution in [0.4, 0.5) is 0 Å². The van der Waals surface area contributed by atoms with E-state index in [9.17, 15) is 0 Å². The highest BCUT2D eigenvalue weighted by Gasteiger charge is 2.49. The van der Waals surface area contributed by atoms with E-state index in [0.717, 1.165) is 0 Å². The highest BCUT2D eigenvalue weighted by Crippen LogP contribution is 2.63. The molecule has 13 rings (SSSR count). The Labute approximate surface area is 354 Å². The Balaban J connectivity index is 1.24. The van der Waals surface area contributed by atoms with Gasteiger partial charge in [-0.2, -0.15) is 0 Å². The van der Waals surface area contributed by atoms with Gasteiger partial charge in [0.15, 0.2) is 0 Å². The van der Waals surface area contributed by atoms with Crippen molar-refractivity contribution in [3.63, 3.8) is 0 Å². The van der Waals surface area contributed by atoms with Crippen molar-refractivity contribution >= 4 is 64.6 Å². The monoisotopic (exact) mass is 770 g/mol. The lowest BCUT2D eigenvalue weighted by molar-refractivity contribution is 0.777. The average molecular weight is 771 g/mol. The molecule has 0 bridgehead atoms. The van der Waals surface area contributed by atoms with Gasteiger partial charge in [0.1, 0.15) is 0 Å². The first-order chi connectivity index (χ1) is 30.3. The van der Waals surface area contributed by atoms with Gasteiger partial charge in [-0.3, -0.25) is 0 Å². The summed E-state index contributed by atoms with van der Waals surface area (Å²) in [6.07, 6.45) is 0. The fourth-order valence-corrected chi connectivity index (χ4v) is 11.3. The minimum Gasteiger partial charge on any atom is -0.0622 e. The van der Waals surface area contributed by atoms with Gasteiger partial charge in [-0.05, 0) is 132 Å². The average Bonchev–Trinajstić information content (AvgIpc) is 3.66. The zero-order valence-electron chi connectivity index (χ0n) is 33.4. The van der Waals surface area contributed by atoms with Crippen LogP contribution in [0.1, 0.15) is 22.3 Å². The lowest BCUT2D eigenvalue weighted by atomic mass is 9.66. The molecule has 0 amide bonds.